The molecule has 1 aromatic rings. The molecule has 0 aliphatic carbocycles. The van der Waals surface area contributed by atoms with Crippen molar-refractivity contribution in [3.8, 4) is 0 Å². The first-order valence-electron chi connectivity index (χ1n) is 4.22. The van der Waals surface area contributed by atoms with Crippen LogP contribution < -0.4 is 0 Å². The second-order valence-electron chi connectivity index (χ2n) is 2.84. The fraction of sp³-hybridized carbons (Fsp3) is 0.273. The molecule has 0 aliphatic rings. The van der Waals surface area contributed by atoms with E-state index in [1.54, 1.807) is 0 Å². The van der Waals surface area contributed by atoms with Gasteiger partial charge in [0.05, 0.1) is 0 Å². The van der Waals surface area contributed by atoms with Gasteiger partial charge in [-0.25, -0.2) is 0 Å². The molecule has 12 heavy (non-hydrogen) atoms. The largest absolute Gasteiger partial charge is 0.143 e. The van der Waals surface area contributed by atoms with Crippen LogP contribution in [0.3, 0.4) is 0 Å². The lowest BCUT2D eigenvalue weighted by Gasteiger charge is -2.04. The minimum absolute atomic E-state index is 1.03. The molecule has 0 bridgehead atoms. The fourth-order valence-corrected chi connectivity index (χ4v) is 1.51. The highest BCUT2D eigenvalue weighted by molar-refractivity contribution is 7.80. The summed E-state index contributed by atoms with van der Waals surface area (Å²) in [4.78, 5) is 1.03. The molecule has 0 radical (unpaired) electrons. The van der Waals surface area contributed by atoms with Crippen molar-refractivity contribution in [2.24, 2.45) is 0 Å². The van der Waals surface area contributed by atoms with Crippen LogP contribution in [0.2, 0.25) is 0 Å². The summed E-state index contributed by atoms with van der Waals surface area (Å²) < 4.78 is 0. The third-order valence-electron chi connectivity index (χ3n) is 1.87. The Morgan fingerprint density at radius 2 is 2.25 bits per heavy atom. The van der Waals surface area contributed by atoms with Crippen LogP contribution in [-0.2, 0) is 6.42 Å². The van der Waals surface area contributed by atoms with Crippen molar-refractivity contribution in [2.75, 3.05) is 0 Å². The third-order valence-corrected chi connectivity index (χ3v) is 2.14. The molecule has 0 unspecified atom stereocenters. The van der Waals surface area contributed by atoms with E-state index in [1.165, 1.54) is 11.1 Å². The van der Waals surface area contributed by atoms with Gasteiger partial charge in [0.1, 0.15) is 0 Å². The highest BCUT2D eigenvalue weighted by Crippen LogP contribution is 2.17. The first-order valence-corrected chi connectivity index (χ1v) is 4.67. The third kappa shape index (κ3) is 2.15. The summed E-state index contributed by atoms with van der Waals surface area (Å²) in [5, 5.41) is 0. The molecule has 0 aromatic heterocycles. The van der Waals surface area contributed by atoms with E-state index in [1.807, 2.05) is 12.1 Å². The van der Waals surface area contributed by atoms with Crippen LogP contribution in [0.4, 0.5) is 0 Å². The molecule has 64 valence electrons. The predicted octanol–water partition coefficient (Wildman–Crippen LogP) is 3.57. The molecule has 0 aliphatic heterocycles. The minimum atomic E-state index is 1.03. The molecule has 0 N–H and O–H groups in total. The Hall–Kier alpha value is -0.690. The summed E-state index contributed by atoms with van der Waals surface area (Å²) in [6.45, 7) is 5.96. The molecule has 1 rings (SSSR count). The van der Waals surface area contributed by atoms with Gasteiger partial charge in [-0.1, -0.05) is 32.1 Å². The van der Waals surface area contributed by atoms with Crippen LogP contribution >= 0.6 is 12.6 Å². The van der Waals surface area contributed by atoms with E-state index in [4.69, 9.17) is 0 Å². The maximum absolute atomic E-state index is 4.30. The van der Waals surface area contributed by atoms with Crippen molar-refractivity contribution in [1.82, 2.24) is 0 Å². The minimum Gasteiger partial charge on any atom is -0.143 e. The highest BCUT2D eigenvalue weighted by atomic mass is 32.1. The van der Waals surface area contributed by atoms with Gasteiger partial charge < -0.3 is 0 Å². The van der Waals surface area contributed by atoms with Crippen molar-refractivity contribution in [3.63, 3.8) is 0 Å². The molecule has 1 aromatic carbocycles. The van der Waals surface area contributed by atoms with E-state index in [0.717, 1.165) is 17.7 Å². The van der Waals surface area contributed by atoms with Crippen LogP contribution in [0.1, 0.15) is 24.5 Å². The topological polar surface area (TPSA) is 0 Å². The second kappa shape index (κ2) is 4.36. The summed E-state index contributed by atoms with van der Waals surface area (Å²) in [7, 11) is 0. The van der Waals surface area contributed by atoms with Gasteiger partial charge in [-0.05, 0) is 29.7 Å². The summed E-state index contributed by atoms with van der Waals surface area (Å²) in [5.74, 6) is 0. The van der Waals surface area contributed by atoms with Crippen LogP contribution in [0, 0.1) is 0 Å². The van der Waals surface area contributed by atoms with Crippen molar-refractivity contribution in [3.05, 3.63) is 35.9 Å². The summed E-state index contributed by atoms with van der Waals surface area (Å²) in [6.07, 6.45) is 4.17. The normalized spacial score (nSPS) is 9.83. The SMILES string of the molecule is C=Cc1ccc(S)cc1CCC. The zero-order valence-electron chi connectivity index (χ0n) is 7.38. The van der Waals surface area contributed by atoms with Crippen molar-refractivity contribution >= 4 is 18.7 Å². The first kappa shape index (κ1) is 9.40. The van der Waals surface area contributed by atoms with E-state index in [2.05, 4.69) is 38.3 Å². The standard InChI is InChI=1S/C11H14S/c1-3-5-10-8-11(12)7-6-9(10)4-2/h4,6-8,12H,2-3,5H2,1H3. The first-order chi connectivity index (χ1) is 5.77. The summed E-state index contributed by atoms with van der Waals surface area (Å²) in [6, 6.07) is 6.18. The van der Waals surface area contributed by atoms with Gasteiger partial charge in [0.25, 0.3) is 0 Å². The van der Waals surface area contributed by atoms with Crippen molar-refractivity contribution in [2.45, 2.75) is 24.7 Å². The number of rotatable bonds is 3. The van der Waals surface area contributed by atoms with Crippen LogP contribution in [-0.4, -0.2) is 0 Å². The molecular weight excluding hydrogens is 164 g/mol. The summed E-state index contributed by atoms with van der Waals surface area (Å²) >= 11 is 4.30. The Bertz CT molecular complexity index is 276. The molecule has 1 heteroatoms. The Labute approximate surface area is 79.7 Å². The molecule has 0 spiro atoms. The monoisotopic (exact) mass is 178 g/mol. The predicted molar refractivity (Wildman–Crippen MR) is 57.8 cm³/mol. The van der Waals surface area contributed by atoms with Gasteiger partial charge >= 0.3 is 0 Å². The Kier molecular flexibility index (Phi) is 3.42. The van der Waals surface area contributed by atoms with E-state index in [9.17, 15) is 0 Å². The zero-order valence-corrected chi connectivity index (χ0v) is 8.27. The molecule has 0 atom stereocenters. The highest BCUT2D eigenvalue weighted by Gasteiger charge is 1.97. The molecular formula is C11H14S. The van der Waals surface area contributed by atoms with Gasteiger partial charge in [0.15, 0.2) is 0 Å². The Morgan fingerprint density at radius 1 is 1.50 bits per heavy atom. The lowest BCUT2D eigenvalue weighted by molar-refractivity contribution is 0.915. The number of hydrogen-bond donors (Lipinski definition) is 1. The molecule has 0 fully saturated rings. The van der Waals surface area contributed by atoms with Gasteiger partial charge in [-0.15, -0.1) is 12.6 Å². The fourth-order valence-electron chi connectivity index (χ4n) is 1.28. The van der Waals surface area contributed by atoms with Crippen LogP contribution in [0.15, 0.2) is 29.7 Å². The quantitative estimate of drug-likeness (QED) is 0.672. The Balaban J connectivity index is 3.03. The van der Waals surface area contributed by atoms with Crippen molar-refractivity contribution in [1.29, 1.82) is 0 Å². The van der Waals surface area contributed by atoms with Crippen molar-refractivity contribution < 1.29 is 0 Å². The summed E-state index contributed by atoms with van der Waals surface area (Å²) in [5.41, 5.74) is 2.58. The van der Waals surface area contributed by atoms with Crippen LogP contribution in [0.5, 0.6) is 0 Å². The average Bonchev–Trinajstić information content (AvgIpc) is 2.05. The second-order valence-corrected chi connectivity index (χ2v) is 3.35. The van der Waals surface area contributed by atoms with E-state index in [0.29, 0.717) is 0 Å². The maximum Gasteiger partial charge on any atom is 0.00431 e. The maximum atomic E-state index is 4.30. The van der Waals surface area contributed by atoms with E-state index >= 15 is 0 Å². The molecule has 0 saturated heterocycles. The molecule has 0 amide bonds. The van der Waals surface area contributed by atoms with Gasteiger partial charge in [-0.2, -0.15) is 0 Å². The van der Waals surface area contributed by atoms with Gasteiger partial charge in [-0.3, -0.25) is 0 Å². The number of hydrogen-bond acceptors (Lipinski definition) is 1. The molecule has 0 heterocycles. The lowest BCUT2D eigenvalue weighted by atomic mass is 10.0. The molecule has 0 nitrogen and oxygen atoms in total. The van der Waals surface area contributed by atoms with Gasteiger partial charge in [0, 0.05) is 4.90 Å². The van der Waals surface area contributed by atoms with Crippen LogP contribution in [0.25, 0.3) is 6.08 Å². The number of thiol groups is 1. The zero-order chi connectivity index (χ0) is 8.97. The molecule has 0 saturated carbocycles. The van der Waals surface area contributed by atoms with Gasteiger partial charge in [0.2, 0.25) is 0 Å². The number of benzene rings is 1. The smallest absolute Gasteiger partial charge is 0.00431 e. The number of aryl methyl sites for hydroxylation is 1. The lowest BCUT2D eigenvalue weighted by Crippen LogP contribution is -1.87. The Morgan fingerprint density at radius 3 is 2.83 bits per heavy atom. The van der Waals surface area contributed by atoms with E-state index < -0.39 is 0 Å². The average molecular weight is 178 g/mol. The van der Waals surface area contributed by atoms with E-state index in [-0.39, 0.29) is 0 Å².